The third-order valence-electron chi connectivity index (χ3n) is 1.22. The van der Waals surface area contributed by atoms with E-state index in [1.807, 2.05) is 6.92 Å². The van der Waals surface area contributed by atoms with Gasteiger partial charge in [0.2, 0.25) is 0 Å². The van der Waals surface area contributed by atoms with Gasteiger partial charge in [0.05, 0.1) is 0 Å². The third-order valence-corrected chi connectivity index (χ3v) is 1.22. The van der Waals surface area contributed by atoms with Gasteiger partial charge in [-0.15, -0.1) is 0 Å². The van der Waals surface area contributed by atoms with Crippen molar-refractivity contribution in [2.75, 3.05) is 0 Å². The van der Waals surface area contributed by atoms with Crippen molar-refractivity contribution in [3.63, 3.8) is 0 Å². The molecule has 0 fully saturated rings. The summed E-state index contributed by atoms with van der Waals surface area (Å²) in [6.45, 7) is 5.30. The van der Waals surface area contributed by atoms with E-state index < -0.39 is 0 Å². The van der Waals surface area contributed by atoms with Crippen LogP contribution in [0.5, 0.6) is 0 Å². The average Bonchev–Trinajstić information content (AvgIpc) is 1.87. The van der Waals surface area contributed by atoms with E-state index in [0.717, 1.165) is 6.42 Å². The van der Waals surface area contributed by atoms with Crippen molar-refractivity contribution < 1.29 is 4.79 Å². The zero-order valence-corrected chi connectivity index (χ0v) is 5.76. The molecule has 52 valence electrons. The van der Waals surface area contributed by atoms with Crippen molar-refractivity contribution in [1.29, 1.82) is 0 Å². The molecule has 0 rings (SSSR count). The lowest BCUT2D eigenvalue weighted by molar-refractivity contribution is -0.114. The summed E-state index contributed by atoms with van der Waals surface area (Å²) < 4.78 is 0. The molecule has 1 unspecified atom stereocenters. The van der Waals surface area contributed by atoms with E-state index in [2.05, 4.69) is 6.58 Å². The zero-order valence-electron chi connectivity index (χ0n) is 5.76. The second-order valence-corrected chi connectivity index (χ2v) is 2.04. The number of hydrogen-bond donors (Lipinski definition) is 1. The van der Waals surface area contributed by atoms with Crippen LogP contribution in [0.4, 0.5) is 0 Å². The molecule has 2 nitrogen and oxygen atoms in total. The van der Waals surface area contributed by atoms with Crippen molar-refractivity contribution in [3.8, 4) is 0 Å². The highest BCUT2D eigenvalue weighted by Gasteiger charge is 2.02. The maximum atomic E-state index is 10.6. The second-order valence-electron chi connectivity index (χ2n) is 2.04. The fraction of sp³-hybridized carbons (Fsp3) is 0.571. The van der Waals surface area contributed by atoms with Crippen LogP contribution in [0.25, 0.3) is 0 Å². The van der Waals surface area contributed by atoms with Crippen LogP contribution in [-0.4, -0.2) is 11.8 Å². The lowest BCUT2D eigenvalue weighted by Gasteiger charge is -2.03. The van der Waals surface area contributed by atoms with E-state index in [9.17, 15) is 4.79 Å². The first kappa shape index (κ1) is 8.37. The van der Waals surface area contributed by atoms with E-state index in [-0.39, 0.29) is 11.8 Å². The summed E-state index contributed by atoms with van der Waals surface area (Å²) in [6.07, 6.45) is 2.59. The van der Waals surface area contributed by atoms with Gasteiger partial charge in [0.25, 0.3) is 0 Å². The number of carbonyl (C=O) groups is 1. The minimum Gasteiger partial charge on any atom is -0.327 e. The van der Waals surface area contributed by atoms with Crippen molar-refractivity contribution in [2.45, 2.75) is 25.8 Å². The number of hydrogen-bond acceptors (Lipinski definition) is 2. The highest BCUT2D eigenvalue weighted by Crippen LogP contribution is 1.94. The average molecular weight is 127 g/mol. The van der Waals surface area contributed by atoms with Crippen molar-refractivity contribution in [3.05, 3.63) is 12.7 Å². The van der Waals surface area contributed by atoms with Gasteiger partial charge in [0.15, 0.2) is 5.78 Å². The molecule has 0 amide bonds. The predicted molar refractivity (Wildman–Crippen MR) is 38.1 cm³/mol. The summed E-state index contributed by atoms with van der Waals surface area (Å²) in [5, 5.41) is 0. The standard InChI is InChI=1S/C7H13NO/c1-3-6(8)5-7(9)4-2/h4,6H,2-3,5,8H2,1H3. The Hall–Kier alpha value is -0.630. The van der Waals surface area contributed by atoms with E-state index >= 15 is 0 Å². The van der Waals surface area contributed by atoms with Crippen LogP contribution >= 0.6 is 0 Å². The molecule has 2 heteroatoms. The van der Waals surface area contributed by atoms with Gasteiger partial charge < -0.3 is 5.73 Å². The van der Waals surface area contributed by atoms with Crippen LogP contribution < -0.4 is 5.73 Å². The normalized spacial score (nSPS) is 12.7. The van der Waals surface area contributed by atoms with Gasteiger partial charge in [-0.2, -0.15) is 0 Å². The number of ketones is 1. The molecule has 0 spiro atoms. The molecule has 0 bridgehead atoms. The fourth-order valence-electron chi connectivity index (χ4n) is 0.486. The van der Waals surface area contributed by atoms with Crippen molar-refractivity contribution >= 4 is 5.78 Å². The van der Waals surface area contributed by atoms with E-state index in [1.54, 1.807) is 0 Å². The Balaban J connectivity index is 3.46. The molecule has 0 radical (unpaired) electrons. The van der Waals surface area contributed by atoms with Crippen LogP contribution in [0.2, 0.25) is 0 Å². The molecule has 9 heavy (non-hydrogen) atoms. The molecule has 0 aliphatic carbocycles. The van der Waals surface area contributed by atoms with Crippen LogP contribution in [-0.2, 0) is 4.79 Å². The Morgan fingerprint density at radius 1 is 1.89 bits per heavy atom. The molecule has 0 saturated heterocycles. The van der Waals surface area contributed by atoms with Crippen LogP contribution in [0.1, 0.15) is 19.8 Å². The van der Waals surface area contributed by atoms with Crippen molar-refractivity contribution in [1.82, 2.24) is 0 Å². The van der Waals surface area contributed by atoms with Gasteiger partial charge in [-0.25, -0.2) is 0 Å². The van der Waals surface area contributed by atoms with Gasteiger partial charge in [0.1, 0.15) is 0 Å². The molecular formula is C7H13NO. The Labute approximate surface area is 55.7 Å². The third kappa shape index (κ3) is 3.91. The first-order chi connectivity index (χ1) is 4.20. The topological polar surface area (TPSA) is 43.1 Å². The molecule has 0 aromatic heterocycles. The van der Waals surface area contributed by atoms with Crippen LogP contribution in [0.3, 0.4) is 0 Å². The van der Waals surface area contributed by atoms with E-state index in [4.69, 9.17) is 5.73 Å². The van der Waals surface area contributed by atoms with Gasteiger partial charge in [-0.3, -0.25) is 4.79 Å². The first-order valence-corrected chi connectivity index (χ1v) is 3.11. The predicted octanol–water partition coefficient (Wildman–Crippen LogP) is 0.869. The zero-order chi connectivity index (χ0) is 7.28. The minimum absolute atomic E-state index is 0.00972. The molecule has 0 aromatic rings. The maximum Gasteiger partial charge on any atom is 0.156 e. The molecular weight excluding hydrogens is 114 g/mol. The number of carbonyl (C=O) groups excluding carboxylic acids is 1. The van der Waals surface area contributed by atoms with Crippen LogP contribution in [0.15, 0.2) is 12.7 Å². The van der Waals surface area contributed by atoms with Gasteiger partial charge in [-0.1, -0.05) is 13.5 Å². The van der Waals surface area contributed by atoms with Gasteiger partial charge >= 0.3 is 0 Å². The highest BCUT2D eigenvalue weighted by atomic mass is 16.1. The highest BCUT2D eigenvalue weighted by molar-refractivity contribution is 5.89. The number of nitrogens with two attached hydrogens (primary N) is 1. The Morgan fingerprint density at radius 3 is 2.78 bits per heavy atom. The molecule has 1 atom stereocenters. The van der Waals surface area contributed by atoms with E-state index in [0.29, 0.717) is 6.42 Å². The number of allylic oxidation sites excluding steroid dienone is 1. The SMILES string of the molecule is C=CC(=O)CC(N)CC. The first-order valence-electron chi connectivity index (χ1n) is 3.11. The maximum absolute atomic E-state index is 10.6. The summed E-state index contributed by atoms with van der Waals surface area (Å²) in [5.41, 5.74) is 5.48. The molecule has 0 heterocycles. The van der Waals surface area contributed by atoms with Gasteiger partial charge in [-0.05, 0) is 12.5 Å². The summed E-state index contributed by atoms with van der Waals surface area (Å²) in [5.74, 6) is 0.0318. The fourth-order valence-corrected chi connectivity index (χ4v) is 0.486. The summed E-state index contributed by atoms with van der Waals surface area (Å²) in [6, 6.07) is 0.00972. The largest absolute Gasteiger partial charge is 0.327 e. The Kier molecular flexibility index (Phi) is 3.97. The molecule has 2 N–H and O–H groups in total. The molecule has 0 saturated carbocycles. The van der Waals surface area contributed by atoms with Gasteiger partial charge in [0, 0.05) is 12.5 Å². The molecule has 0 aromatic carbocycles. The summed E-state index contributed by atoms with van der Waals surface area (Å²) >= 11 is 0. The second kappa shape index (κ2) is 4.27. The van der Waals surface area contributed by atoms with Crippen molar-refractivity contribution in [2.24, 2.45) is 5.73 Å². The Morgan fingerprint density at radius 2 is 2.44 bits per heavy atom. The smallest absolute Gasteiger partial charge is 0.156 e. The quantitative estimate of drug-likeness (QED) is 0.569. The summed E-state index contributed by atoms with van der Waals surface area (Å²) in [4.78, 5) is 10.6. The summed E-state index contributed by atoms with van der Waals surface area (Å²) in [7, 11) is 0. The lowest BCUT2D eigenvalue weighted by Crippen LogP contribution is -2.21. The van der Waals surface area contributed by atoms with E-state index in [1.165, 1.54) is 6.08 Å². The molecule has 0 aliphatic rings. The minimum atomic E-state index is 0.00972. The lowest BCUT2D eigenvalue weighted by atomic mass is 10.1. The molecule has 0 aliphatic heterocycles. The number of rotatable bonds is 4. The van der Waals surface area contributed by atoms with Crippen LogP contribution in [0, 0.1) is 0 Å². The Bertz CT molecular complexity index is 109. The monoisotopic (exact) mass is 127 g/mol.